The van der Waals surface area contributed by atoms with Gasteiger partial charge >= 0.3 is 0 Å². The lowest BCUT2D eigenvalue weighted by molar-refractivity contribution is -0.385. The molecule has 2 aromatic heterocycles. The van der Waals surface area contributed by atoms with E-state index in [1.54, 1.807) is 29.1 Å². The van der Waals surface area contributed by atoms with Crippen molar-refractivity contribution in [3.8, 4) is 0 Å². The third-order valence-corrected chi connectivity index (χ3v) is 4.80. The van der Waals surface area contributed by atoms with Gasteiger partial charge in [0.15, 0.2) is 0 Å². The first-order valence-electron chi connectivity index (χ1n) is 7.62. The van der Waals surface area contributed by atoms with E-state index in [9.17, 15) is 14.9 Å². The molecule has 1 atom stereocenters. The summed E-state index contributed by atoms with van der Waals surface area (Å²) < 4.78 is 1.80. The second-order valence-electron chi connectivity index (χ2n) is 5.49. The Bertz CT molecular complexity index is 841. The van der Waals surface area contributed by atoms with Gasteiger partial charge in [-0.15, -0.1) is 11.3 Å². The molecule has 1 unspecified atom stereocenters. The zero-order chi connectivity index (χ0) is 17.8. The minimum absolute atomic E-state index is 0.00422. The summed E-state index contributed by atoms with van der Waals surface area (Å²) in [4.78, 5) is 23.9. The Kier molecular flexibility index (Phi) is 4.90. The van der Waals surface area contributed by atoms with Gasteiger partial charge in [0.2, 0.25) is 0 Å². The van der Waals surface area contributed by atoms with Crippen LogP contribution in [0, 0.1) is 17.0 Å². The average Bonchev–Trinajstić information content (AvgIpc) is 3.28. The van der Waals surface area contributed by atoms with Crippen molar-refractivity contribution in [2.75, 3.05) is 6.54 Å². The molecule has 0 bridgehead atoms. The van der Waals surface area contributed by atoms with Gasteiger partial charge in [0.25, 0.3) is 11.6 Å². The summed E-state index contributed by atoms with van der Waals surface area (Å²) in [6.07, 6.45) is 3.55. The smallest absolute Gasteiger partial charge is 0.272 e. The minimum Gasteiger partial charge on any atom is -0.350 e. The molecular weight excluding hydrogens is 340 g/mol. The molecule has 0 spiro atoms. The van der Waals surface area contributed by atoms with Crippen LogP contribution in [0.5, 0.6) is 0 Å². The maximum Gasteiger partial charge on any atom is 0.272 e. The first-order valence-corrected chi connectivity index (χ1v) is 8.50. The molecule has 0 aliphatic heterocycles. The Morgan fingerprint density at radius 1 is 1.40 bits per heavy atom. The molecule has 1 amide bonds. The lowest BCUT2D eigenvalue weighted by atomic mass is 10.1. The quantitative estimate of drug-likeness (QED) is 0.542. The van der Waals surface area contributed by atoms with E-state index in [2.05, 4.69) is 10.4 Å². The molecule has 1 N–H and O–H groups in total. The maximum atomic E-state index is 12.4. The van der Waals surface area contributed by atoms with Crippen LogP contribution < -0.4 is 5.32 Å². The summed E-state index contributed by atoms with van der Waals surface area (Å²) in [6.45, 7) is 1.99. The normalized spacial score (nSPS) is 11.9. The Morgan fingerprint density at radius 3 is 2.84 bits per heavy atom. The Morgan fingerprint density at radius 2 is 2.24 bits per heavy atom. The number of rotatable bonds is 6. The van der Waals surface area contributed by atoms with Crippen molar-refractivity contribution in [3.63, 3.8) is 0 Å². The van der Waals surface area contributed by atoms with Crippen molar-refractivity contribution in [2.24, 2.45) is 0 Å². The van der Waals surface area contributed by atoms with Crippen LogP contribution in [0.25, 0.3) is 0 Å². The molecule has 0 radical (unpaired) electrons. The van der Waals surface area contributed by atoms with E-state index >= 15 is 0 Å². The monoisotopic (exact) mass is 356 g/mol. The predicted molar refractivity (Wildman–Crippen MR) is 94.9 cm³/mol. The van der Waals surface area contributed by atoms with Crippen LogP contribution in [0.1, 0.15) is 26.8 Å². The highest BCUT2D eigenvalue weighted by Gasteiger charge is 2.18. The minimum atomic E-state index is -0.457. The summed E-state index contributed by atoms with van der Waals surface area (Å²) in [5.74, 6) is -0.272. The summed E-state index contributed by atoms with van der Waals surface area (Å²) in [6, 6.07) is 10.0. The van der Waals surface area contributed by atoms with E-state index < -0.39 is 4.92 Å². The van der Waals surface area contributed by atoms with Gasteiger partial charge in [-0.1, -0.05) is 6.07 Å². The highest BCUT2D eigenvalue weighted by atomic mass is 32.1. The van der Waals surface area contributed by atoms with Crippen LogP contribution in [0.15, 0.2) is 54.2 Å². The van der Waals surface area contributed by atoms with Gasteiger partial charge in [0, 0.05) is 41.0 Å². The lowest BCUT2D eigenvalue weighted by Gasteiger charge is -2.17. The number of carbonyl (C=O) groups excluding carboxylic acids is 1. The van der Waals surface area contributed by atoms with Gasteiger partial charge in [0.1, 0.15) is 6.04 Å². The highest BCUT2D eigenvalue weighted by Crippen LogP contribution is 2.22. The first kappa shape index (κ1) is 16.8. The van der Waals surface area contributed by atoms with Gasteiger partial charge in [-0.3, -0.25) is 19.6 Å². The van der Waals surface area contributed by atoms with Crippen LogP contribution in [-0.2, 0) is 0 Å². The Hall–Kier alpha value is -3.00. The number of amides is 1. The number of nitrogens with one attached hydrogen (secondary N) is 1. The van der Waals surface area contributed by atoms with Gasteiger partial charge in [0.05, 0.1) is 4.92 Å². The second-order valence-corrected chi connectivity index (χ2v) is 6.46. The number of benzene rings is 1. The zero-order valence-electron chi connectivity index (χ0n) is 13.5. The van der Waals surface area contributed by atoms with Crippen LogP contribution in [0.2, 0.25) is 0 Å². The number of thiophene rings is 1. The Labute approximate surface area is 148 Å². The van der Waals surface area contributed by atoms with Crippen LogP contribution >= 0.6 is 11.3 Å². The number of carbonyl (C=O) groups is 1. The zero-order valence-corrected chi connectivity index (χ0v) is 14.3. The van der Waals surface area contributed by atoms with E-state index in [0.717, 1.165) is 4.88 Å². The molecule has 2 heterocycles. The summed E-state index contributed by atoms with van der Waals surface area (Å²) in [5, 5.41) is 20.0. The molecule has 7 nitrogen and oxygen atoms in total. The number of hydrogen-bond donors (Lipinski definition) is 1. The van der Waals surface area contributed by atoms with Crippen molar-refractivity contribution in [3.05, 3.63) is 80.3 Å². The second kappa shape index (κ2) is 7.27. The largest absolute Gasteiger partial charge is 0.350 e. The number of aryl methyl sites for hydroxylation is 1. The third-order valence-electron chi connectivity index (χ3n) is 3.83. The van der Waals surface area contributed by atoms with E-state index in [1.807, 2.05) is 29.8 Å². The lowest BCUT2D eigenvalue weighted by Crippen LogP contribution is -2.31. The number of nitro groups is 1. The number of aromatic nitrogens is 2. The molecule has 3 rings (SSSR count). The molecule has 8 heteroatoms. The molecule has 25 heavy (non-hydrogen) atoms. The van der Waals surface area contributed by atoms with Gasteiger partial charge in [-0.25, -0.2) is 0 Å². The van der Waals surface area contributed by atoms with Crippen molar-refractivity contribution in [1.29, 1.82) is 0 Å². The van der Waals surface area contributed by atoms with E-state index in [0.29, 0.717) is 17.7 Å². The highest BCUT2D eigenvalue weighted by molar-refractivity contribution is 7.10. The molecule has 0 aliphatic rings. The maximum absolute atomic E-state index is 12.4. The predicted octanol–water partition coefficient (Wildman–Crippen LogP) is 3.18. The molecule has 3 aromatic rings. The van der Waals surface area contributed by atoms with Crippen molar-refractivity contribution < 1.29 is 9.72 Å². The standard InChI is InChI=1S/C17H16N4O3S/c1-12-10-13(5-6-14(12)21(23)24)17(22)18-11-15(16-4-2-9-25-16)20-8-3-7-19-20/h2-10,15H,11H2,1H3,(H,18,22). The van der Waals surface area contributed by atoms with Crippen LogP contribution in [0.3, 0.4) is 0 Å². The van der Waals surface area contributed by atoms with E-state index in [4.69, 9.17) is 0 Å². The van der Waals surface area contributed by atoms with Gasteiger partial charge in [-0.2, -0.15) is 5.10 Å². The molecule has 0 saturated carbocycles. The molecule has 0 fully saturated rings. The fraction of sp³-hybridized carbons (Fsp3) is 0.176. The van der Waals surface area contributed by atoms with Crippen molar-refractivity contribution >= 4 is 22.9 Å². The van der Waals surface area contributed by atoms with Crippen molar-refractivity contribution in [1.82, 2.24) is 15.1 Å². The molecule has 0 aliphatic carbocycles. The topological polar surface area (TPSA) is 90.1 Å². The molecule has 1 aromatic carbocycles. The fourth-order valence-corrected chi connectivity index (χ4v) is 3.38. The van der Waals surface area contributed by atoms with Crippen LogP contribution in [-0.4, -0.2) is 27.2 Å². The van der Waals surface area contributed by atoms with Crippen molar-refractivity contribution in [2.45, 2.75) is 13.0 Å². The van der Waals surface area contributed by atoms with E-state index in [-0.39, 0.29) is 17.6 Å². The number of nitro benzene ring substituents is 1. The van der Waals surface area contributed by atoms with Gasteiger partial charge < -0.3 is 5.32 Å². The third kappa shape index (κ3) is 3.74. The molecule has 128 valence electrons. The SMILES string of the molecule is Cc1cc(C(=O)NCC(c2cccs2)n2cccn2)ccc1[N+](=O)[O-]. The number of nitrogens with zero attached hydrogens (tertiary/aromatic N) is 3. The summed E-state index contributed by atoms with van der Waals surface area (Å²) in [5.41, 5.74) is 0.859. The summed E-state index contributed by atoms with van der Waals surface area (Å²) >= 11 is 1.60. The Balaban J connectivity index is 1.74. The number of hydrogen-bond acceptors (Lipinski definition) is 5. The first-order chi connectivity index (χ1) is 12.1. The molecule has 0 saturated heterocycles. The molecular formula is C17H16N4O3S. The fourth-order valence-electron chi connectivity index (χ4n) is 2.56. The van der Waals surface area contributed by atoms with E-state index in [1.165, 1.54) is 18.2 Å². The average molecular weight is 356 g/mol. The summed E-state index contributed by atoms with van der Waals surface area (Å²) in [7, 11) is 0. The van der Waals surface area contributed by atoms with Gasteiger partial charge in [-0.05, 0) is 36.6 Å². The van der Waals surface area contributed by atoms with Crippen LogP contribution in [0.4, 0.5) is 5.69 Å².